The van der Waals surface area contributed by atoms with Crippen LogP contribution in [0.25, 0.3) is 0 Å². The highest BCUT2D eigenvalue weighted by atomic mass is 19.2. The molecule has 0 aliphatic carbocycles. The monoisotopic (exact) mass is 293 g/mol. The lowest BCUT2D eigenvalue weighted by molar-refractivity contribution is 0.0473. The van der Waals surface area contributed by atoms with Crippen LogP contribution in [0.5, 0.6) is 5.75 Å². The SMILES string of the molecule is COc1ccc(COC(=O)c2cc(F)c(F)cc2N)cc1. The van der Waals surface area contributed by atoms with Crippen molar-refractivity contribution in [2.75, 3.05) is 12.8 Å². The molecule has 110 valence electrons. The van der Waals surface area contributed by atoms with E-state index in [1.165, 1.54) is 0 Å². The molecule has 6 heteroatoms. The molecule has 0 aliphatic heterocycles. The number of benzene rings is 2. The zero-order valence-electron chi connectivity index (χ0n) is 11.2. The number of rotatable bonds is 4. The Labute approximate surface area is 120 Å². The van der Waals surface area contributed by atoms with Crippen molar-refractivity contribution >= 4 is 11.7 Å². The van der Waals surface area contributed by atoms with Crippen LogP contribution >= 0.6 is 0 Å². The summed E-state index contributed by atoms with van der Waals surface area (Å²) in [5, 5.41) is 0. The fourth-order valence-corrected chi connectivity index (χ4v) is 1.69. The smallest absolute Gasteiger partial charge is 0.340 e. The van der Waals surface area contributed by atoms with Gasteiger partial charge in [-0.25, -0.2) is 13.6 Å². The lowest BCUT2D eigenvalue weighted by atomic mass is 10.1. The summed E-state index contributed by atoms with van der Waals surface area (Å²) < 4.78 is 36.1. The molecule has 2 aromatic carbocycles. The molecule has 0 spiro atoms. The van der Waals surface area contributed by atoms with E-state index in [1.807, 2.05) is 0 Å². The Morgan fingerprint density at radius 1 is 1.14 bits per heavy atom. The van der Waals surface area contributed by atoms with E-state index in [2.05, 4.69) is 0 Å². The minimum atomic E-state index is -1.15. The summed E-state index contributed by atoms with van der Waals surface area (Å²) in [5.74, 6) is -2.41. The van der Waals surface area contributed by atoms with Crippen molar-refractivity contribution in [2.45, 2.75) is 6.61 Å². The van der Waals surface area contributed by atoms with Crippen molar-refractivity contribution in [2.24, 2.45) is 0 Å². The van der Waals surface area contributed by atoms with Crippen LogP contribution in [0.1, 0.15) is 15.9 Å². The average Bonchev–Trinajstić information content (AvgIpc) is 2.49. The lowest BCUT2D eigenvalue weighted by Crippen LogP contribution is -2.09. The molecule has 0 amide bonds. The first-order valence-corrected chi connectivity index (χ1v) is 6.06. The Kier molecular flexibility index (Phi) is 4.37. The molecule has 0 unspecified atom stereocenters. The number of anilines is 1. The van der Waals surface area contributed by atoms with Crippen LogP contribution in [0.3, 0.4) is 0 Å². The van der Waals surface area contributed by atoms with Gasteiger partial charge in [-0.1, -0.05) is 12.1 Å². The van der Waals surface area contributed by atoms with E-state index in [0.717, 1.165) is 17.7 Å². The molecular weight excluding hydrogens is 280 g/mol. The largest absolute Gasteiger partial charge is 0.497 e. The quantitative estimate of drug-likeness (QED) is 0.695. The summed E-state index contributed by atoms with van der Waals surface area (Å²) in [6, 6.07) is 8.35. The fraction of sp³-hybridized carbons (Fsp3) is 0.133. The highest BCUT2D eigenvalue weighted by Crippen LogP contribution is 2.19. The minimum absolute atomic E-state index is 0.0126. The Bertz CT molecular complexity index is 657. The fourth-order valence-electron chi connectivity index (χ4n) is 1.69. The summed E-state index contributed by atoms with van der Waals surface area (Å²) in [6.45, 7) is -0.0126. The van der Waals surface area contributed by atoms with Crippen LogP contribution in [0, 0.1) is 11.6 Å². The van der Waals surface area contributed by atoms with Gasteiger partial charge in [0.1, 0.15) is 12.4 Å². The normalized spacial score (nSPS) is 10.2. The third-order valence-electron chi connectivity index (χ3n) is 2.84. The number of hydrogen-bond donors (Lipinski definition) is 1. The molecule has 0 saturated carbocycles. The number of carbonyl (C=O) groups is 1. The number of nitrogens with two attached hydrogens (primary N) is 1. The zero-order valence-corrected chi connectivity index (χ0v) is 11.2. The maximum absolute atomic E-state index is 13.1. The van der Waals surface area contributed by atoms with E-state index < -0.39 is 17.6 Å². The molecule has 0 atom stereocenters. The molecule has 0 saturated heterocycles. The maximum Gasteiger partial charge on any atom is 0.340 e. The second-order valence-corrected chi connectivity index (χ2v) is 4.28. The van der Waals surface area contributed by atoms with E-state index >= 15 is 0 Å². The molecule has 0 aromatic heterocycles. The molecule has 21 heavy (non-hydrogen) atoms. The van der Waals surface area contributed by atoms with Crippen LogP contribution in [0.4, 0.5) is 14.5 Å². The second-order valence-electron chi connectivity index (χ2n) is 4.28. The summed E-state index contributed by atoms with van der Waals surface area (Å²) in [6.07, 6.45) is 0. The zero-order chi connectivity index (χ0) is 15.4. The first-order chi connectivity index (χ1) is 10.0. The summed E-state index contributed by atoms with van der Waals surface area (Å²) in [4.78, 5) is 11.8. The Balaban J connectivity index is 2.06. The van der Waals surface area contributed by atoms with Gasteiger partial charge in [-0.2, -0.15) is 0 Å². The van der Waals surface area contributed by atoms with Crippen molar-refractivity contribution in [3.63, 3.8) is 0 Å². The maximum atomic E-state index is 13.1. The number of methoxy groups -OCH3 is 1. The van der Waals surface area contributed by atoms with E-state index in [4.69, 9.17) is 15.2 Å². The average molecular weight is 293 g/mol. The standard InChI is InChI=1S/C15H13F2NO3/c1-20-10-4-2-9(3-5-10)8-21-15(19)11-6-12(16)13(17)7-14(11)18/h2-7H,8,18H2,1H3. The van der Waals surface area contributed by atoms with Gasteiger partial charge < -0.3 is 15.2 Å². The van der Waals surface area contributed by atoms with Crippen LogP contribution < -0.4 is 10.5 Å². The third-order valence-corrected chi connectivity index (χ3v) is 2.84. The molecule has 0 fully saturated rings. The van der Waals surface area contributed by atoms with Gasteiger partial charge in [0.15, 0.2) is 11.6 Å². The molecule has 4 nitrogen and oxygen atoms in total. The van der Waals surface area contributed by atoms with Crippen LogP contribution in [0.2, 0.25) is 0 Å². The highest BCUT2D eigenvalue weighted by molar-refractivity contribution is 5.95. The topological polar surface area (TPSA) is 61.5 Å². The van der Waals surface area contributed by atoms with Crippen molar-refractivity contribution in [1.82, 2.24) is 0 Å². The van der Waals surface area contributed by atoms with Crippen molar-refractivity contribution < 1.29 is 23.0 Å². The molecule has 2 aromatic rings. The van der Waals surface area contributed by atoms with Crippen LogP contribution in [-0.4, -0.2) is 13.1 Å². The van der Waals surface area contributed by atoms with Gasteiger partial charge in [0, 0.05) is 11.8 Å². The van der Waals surface area contributed by atoms with Crippen molar-refractivity contribution in [3.8, 4) is 5.75 Å². The van der Waals surface area contributed by atoms with Gasteiger partial charge in [-0.15, -0.1) is 0 Å². The van der Waals surface area contributed by atoms with Gasteiger partial charge in [-0.05, 0) is 23.8 Å². The first kappa shape index (κ1) is 14.8. The molecule has 0 bridgehead atoms. The van der Waals surface area contributed by atoms with E-state index in [-0.39, 0.29) is 17.9 Å². The second kappa shape index (κ2) is 6.21. The van der Waals surface area contributed by atoms with E-state index in [1.54, 1.807) is 31.4 Å². The van der Waals surface area contributed by atoms with Gasteiger partial charge >= 0.3 is 5.97 Å². The number of nitrogen functional groups attached to an aromatic ring is 1. The van der Waals surface area contributed by atoms with E-state index in [0.29, 0.717) is 5.75 Å². The minimum Gasteiger partial charge on any atom is -0.497 e. The number of ether oxygens (including phenoxy) is 2. The molecule has 2 rings (SSSR count). The van der Waals surface area contributed by atoms with Crippen molar-refractivity contribution in [1.29, 1.82) is 0 Å². The van der Waals surface area contributed by atoms with E-state index in [9.17, 15) is 13.6 Å². The van der Waals surface area contributed by atoms with Gasteiger partial charge in [0.25, 0.3) is 0 Å². The number of carbonyl (C=O) groups excluding carboxylic acids is 1. The Hall–Kier alpha value is -2.63. The lowest BCUT2D eigenvalue weighted by Gasteiger charge is -2.08. The van der Waals surface area contributed by atoms with Gasteiger partial charge in [0.05, 0.1) is 12.7 Å². The molecule has 0 heterocycles. The molecule has 0 aliphatic rings. The number of esters is 1. The van der Waals surface area contributed by atoms with Crippen LogP contribution in [0.15, 0.2) is 36.4 Å². The summed E-state index contributed by atoms with van der Waals surface area (Å²) >= 11 is 0. The number of hydrogen-bond acceptors (Lipinski definition) is 4. The third kappa shape index (κ3) is 3.47. The van der Waals surface area contributed by atoms with Gasteiger partial charge in [-0.3, -0.25) is 0 Å². The molecular formula is C15H13F2NO3. The molecule has 0 radical (unpaired) electrons. The molecule has 2 N–H and O–H groups in total. The van der Waals surface area contributed by atoms with Crippen molar-refractivity contribution in [3.05, 3.63) is 59.2 Å². The highest BCUT2D eigenvalue weighted by Gasteiger charge is 2.15. The van der Waals surface area contributed by atoms with Gasteiger partial charge in [0.2, 0.25) is 0 Å². The predicted molar refractivity (Wildman–Crippen MR) is 72.9 cm³/mol. The Morgan fingerprint density at radius 3 is 2.38 bits per heavy atom. The predicted octanol–water partition coefficient (Wildman–Crippen LogP) is 2.91. The summed E-state index contributed by atoms with van der Waals surface area (Å²) in [7, 11) is 1.54. The van der Waals surface area contributed by atoms with Crippen LogP contribution in [-0.2, 0) is 11.3 Å². The Morgan fingerprint density at radius 2 is 1.76 bits per heavy atom. The summed E-state index contributed by atoms with van der Waals surface area (Å²) in [5.41, 5.74) is 5.82. The number of halogens is 2. The first-order valence-electron chi connectivity index (χ1n) is 6.06.